The molecule has 1 N–H and O–H groups in total. The average Bonchev–Trinajstić information content (AvgIpc) is 2.85. The van der Waals surface area contributed by atoms with Gasteiger partial charge in [-0.25, -0.2) is 0 Å². The van der Waals surface area contributed by atoms with Crippen molar-refractivity contribution in [1.29, 1.82) is 5.26 Å². The van der Waals surface area contributed by atoms with Gasteiger partial charge in [-0.1, -0.05) is 12.1 Å². The minimum atomic E-state index is 0.220. The van der Waals surface area contributed by atoms with Crippen LogP contribution in [0, 0.1) is 11.3 Å². The van der Waals surface area contributed by atoms with Crippen molar-refractivity contribution in [2.24, 2.45) is 7.05 Å². The van der Waals surface area contributed by atoms with Crippen molar-refractivity contribution < 1.29 is 0 Å². The van der Waals surface area contributed by atoms with Crippen molar-refractivity contribution in [3.05, 3.63) is 53.3 Å². The highest BCUT2D eigenvalue weighted by atomic mass is 15.3. The smallest absolute Gasteiger partial charge is 0.0991 e. The number of aryl methyl sites for hydroxylation is 1. The summed E-state index contributed by atoms with van der Waals surface area (Å²) in [6.07, 6.45) is 1.81. The molecule has 0 amide bonds. The SMILES string of the molecule is CC(NC(C)c1ccnn1C)c1ccc(C#N)cc1. The van der Waals surface area contributed by atoms with Crippen LogP contribution in [0.25, 0.3) is 0 Å². The van der Waals surface area contributed by atoms with E-state index in [9.17, 15) is 0 Å². The summed E-state index contributed by atoms with van der Waals surface area (Å²) in [5.41, 5.74) is 3.02. The number of aromatic nitrogens is 2. The predicted molar refractivity (Wildman–Crippen MR) is 74.3 cm³/mol. The van der Waals surface area contributed by atoms with Crippen LogP contribution in [0.4, 0.5) is 0 Å². The number of hydrogen-bond acceptors (Lipinski definition) is 3. The Hall–Kier alpha value is -2.12. The van der Waals surface area contributed by atoms with Crippen LogP contribution in [0.15, 0.2) is 36.5 Å². The van der Waals surface area contributed by atoms with Crippen LogP contribution in [0.2, 0.25) is 0 Å². The first kappa shape index (κ1) is 13.3. The molecule has 1 heterocycles. The molecule has 0 spiro atoms. The van der Waals surface area contributed by atoms with Gasteiger partial charge in [0.05, 0.1) is 17.3 Å². The average molecular weight is 254 g/mol. The first-order valence-electron chi connectivity index (χ1n) is 6.36. The van der Waals surface area contributed by atoms with Crippen molar-refractivity contribution in [3.8, 4) is 6.07 Å². The molecule has 0 radical (unpaired) electrons. The summed E-state index contributed by atoms with van der Waals surface area (Å²) in [6.45, 7) is 4.24. The molecule has 0 bridgehead atoms. The van der Waals surface area contributed by atoms with Crippen LogP contribution in [-0.4, -0.2) is 9.78 Å². The first-order valence-corrected chi connectivity index (χ1v) is 6.36. The highest BCUT2D eigenvalue weighted by molar-refractivity contribution is 5.32. The molecule has 4 heteroatoms. The molecule has 2 atom stereocenters. The third-order valence-corrected chi connectivity index (χ3v) is 3.34. The third kappa shape index (κ3) is 3.01. The van der Waals surface area contributed by atoms with Gasteiger partial charge in [0, 0.05) is 25.3 Å². The molecule has 1 aromatic heterocycles. The monoisotopic (exact) mass is 254 g/mol. The van der Waals surface area contributed by atoms with Gasteiger partial charge >= 0.3 is 0 Å². The van der Waals surface area contributed by atoms with E-state index in [2.05, 4.69) is 30.3 Å². The van der Waals surface area contributed by atoms with E-state index in [0.29, 0.717) is 5.56 Å². The third-order valence-electron chi connectivity index (χ3n) is 3.34. The second kappa shape index (κ2) is 5.68. The van der Waals surface area contributed by atoms with Gasteiger partial charge in [-0.2, -0.15) is 10.4 Å². The Morgan fingerprint density at radius 2 is 1.84 bits per heavy atom. The van der Waals surface area contributed by atoms with Crippen molar-refractivity contribution >= 4 is 0 Å². The molecule has 1 aromatic carbocycles. The van der Waals surface area contributed by atoms with Crippen LogP contribution in [0.3, 0.4) is 0 Å². The highest BCUT2D eigenvalue weighted by Gasteiger charge is 2.13. The fourth-order valence-corrected chi connectivity index (χ4v) is 2.21. The van der Waals surface area contributed by atoms with Gasteiger partial charge in [0.15, 0.2) is 0 Å². The topological polar surface area (TPSA) is 53.6 Å². The number of benzene rings is 1. The summed E-state index contributed by atoms with van der Waals surface area (Å²) < 4.78 is 1.88. The maximum Gasteiger partial charge on any atom is 0.0991 e. The Morgan fingerprint density at radius 3 is 2.37 bits per heavy atom. The van der Waals surface area contributed by atoms with E-state index in [1.54, 1.807) is 6.20 Å². The molecular formula is C15H18N4. The summed E-state index contributed by atoms with van der Waals surface area (Å²) in [6, 6.07) is 12.3. The van der Waals surface area contributed by atoms with Crippen LogP contribution < -0.4 is 5.32 Å². The maximum atomic E-state index is 8.79. The highest BCUT2D eigenvalue weighted by Crippen LogP contribution is 2.19. The molecule has 2 aromatic rings. The Balaban J connectivity index is 2.06. The van der Waals surface area contributed by atoms with Crippen molar-refractivity contribution in [2.45, 2.75) is 25.9 Å². The second-order valence-corrected chi connectivity index (χ2v) is 4.72. The largest absolute Gasteiger partial charge is 0.302 e. The van der Waals surface area contributed by atoms with Crippen molar-refractivity contribution in [3.63, 3.8) is 0 Å². The molecule has 19 heavy (non-hydrogen) atoms. The molecule has 0 saturated heterocycles. The summed E-state index contributed by atoms with van der Waals surface area (Å²) in [5.74, 6) is 0. The standard InChI is InChI=1S/C15H18N4/c1-11(14-6-4-13(10-16)5-7-14)18-12(2)15-8-9-17-19(15)3/h4-9,11-12,18H,1-3H3. The molecule has 4 nitrogen and oxygen atoms in total. The van der Waals surface area contributed by atoms with Crippen LogP contribution in [-0.2, 0) is 7.05 Å². The van der Waals surface area contributed by atoms with Crippen LogP contribution in [0.1, 0.15) is 42.8 Å². The molecule has 0 aliphatic heterocycles. The number of nitrogens with one attached hydrogen (secondary N) is 1. The Kier molecular flexibility index (Phi) is 3.98. The van der Waals surface area contributed by atoms with Gasteiger partial charge in [-0.15, -0.1) is 0 Å². The lowest BCUT2D eigenvalue weighted by atomic mass is 10.1. The van der Waals surface area contributed by atoms with E-state index >= 15 is 0 Å². The van der Waals surface area contributed by atoms with Gasteiger partial charge in [-0.05, 0) is 37.6 Å². The zero-order chi connectivity index (χ0) is 13.8. The lowest BCUT2D eigenvalue weighted by molar-refractivity contribution is 0.469. The fourth-order valence-electron chi connectivity index (χ4n) is 2.21. The van der Waals surface area contributed by atoms with Gasteiger partial charge in [0.1, 0.15) is 0 Å². The van der Waals surface area contributed by atoms with Crippen LogP contribution >= 0.6 is 0 Å². The molecule has 2 unspecified atom stereocenters. The summed E-state index contributed by atoms with van der Waals surface area (Å²) in [4.78, 5) is 0. The van der Waals surface area contributed by atoms with Crippen LogP contribution in [0.5, 0.6) is 0 Å². The molecule has 2 rings (SSSR count). The lowest BCUT2D eigenvalue weighted by Gasteiger charge is -2.20. The first-order chi connectivity index (χ1) is 9.11. The fraction of sp³-hybridized carbons (Fsp3) is 0.333. The molecular weight excluding hydrogens is 236 g/mol. The summed E-state index contributed by atoms with van der Waals surface area (Å²) in [7, 11) is 1.94. The van der Waals surface area contributed by atoms with Gasteiger partial charge in [0.25, 0.3) is 0 Å². The Morgan fingerprint density at radius 1 is 1.16 bits per heavy atom. The Labute approximate surface area is 113 Å². The molecule has 98 valence electrons. The summed E-state index contributed by atoms with van der Waals surface area (Å²) in [5, 5.41) is 16.5. The molecule has 0 aliphatic rings. The molecule has 0 aliphatic carbocycles. The maximum absolute atomic E-state index is 8.79. The Bertz CT molecular complexity index is 577. The van der Waals surface area contributed by atoms with Crippen molar-refractivity contribution in [2.75, 3.05) is 0 Å². The lowest BCUT2D eigenvalue weighted by Crippen LogP contribution is -2.24. The zero-order valence-electron chi connectivity index (χ0n) is 11.5. The van der Waals surface area contributed by atoms with E-state index in [1.165, 1.54) is 5.56 Å². The molecule has 0 saturated carbocycles. The minimum absolute atomic E-state index is 0.220. The normalized spacial score (nSPS) is 13.8. The number of nitriles is 1. The summed E-state index contributed by atoms with van der Waals surface area (Å²) >= 11 is 0. The van der Waals surface area contributed by atoms with E-state index < -0.39 is 0 Å². The number of hydrogen-bond donors (Lipinski definition) is 1. The van der Waals surface area contributed by atoms with E-state index in [4.69, 9.17) is 5.26 Å². The van der Waals surface area contributed by atoms with Gasteiger partial charge in [-0.3, -0.25) is 4.68 Å². The molecule has 0 fully saturated rings. The van der Waals surface area contributed by atoms with E-state index in [1.807, 2.05) is 42.1 Å². The zero-order valence-corrected chi connectivity index (χ0v) is 11.5. The quantitative estimate of drug-likeness (QED) is 0.912. The number of nitrogens with zero attached hydrogens (tertiary/aromatic N) is 3. The van der Waals surface area contributed by atoms with Crippen molar-refractivity contribution in [1.82, 2.24) is 15.1 Å². The van der Waals surface area contributed by atoms with Gasteiger partial charge in [0.2, 0.25) is 0 Å². The second-order valence-electron chi connectivity index (χ2n) is 4.72. The minimum Gasteiger partial charge on any atom is -0.302 e. The van der Waals surface area contributed by atoms with E-state index in [-0.39, 0.29) is 12.1 Å². The number of rotatable bonds is 4. The van der Waals surface area contributed by atoms with E-state index in [0.717, 1.165) is 5.69 Å². The predicted octanol–water partition coefficient (Wildman–Crippen LogP) is 2.70. The van der Waals surface area contributed by atoms with Gasteiger partial charge < -0.3 is 5.32 Å².